The van der Waals surface area contributed by atoms with Crippen molar-refractivity contribution >= 4 is 91.1 Å². The Morgan fingerprint density at radius 3 is 1.36 bits per heavy atom. The van der Waals surface area contributed by atoms with Gasteiger partial charge in [0.1, 0.15) is 25.0 Å². The number of carbonyl (C=O) groups is 6. The van der Waals surface area contributed by atoms with Crippen LogP contribution in [0.25, 0.3) is 21.8 Å². The maximum absolute atomic E-state index is 11.3. The quantitative estimate of drug-likeness (QED) is 0.0160. The number of aliphatic carboxylic acids is 2. The molecule has 0 saturated carbocycles. The molecule has 0 unspecified atom stereocenters. The molecular formula is C53H61ClN7NaO19. The normalized spacial score (nSPS) is 9.22. The van der Waals surface area contributed by atoms with Crippen molar-refractivity contribution in [3.8, 4) is 11.5 Å². The largest absolute Gasteiger partial charge is 1.00 e. The number of fused-ring (bicyclic) bond motifs is 2. The van der Waals surface area contributed by atoms with Crippen molar-refractivity contribution in [3.63, 3.8) is 0 Å². The second kappa shape index (κ2) is 39.2. The summed E-state index contributed by atoms with van der Waals surface area (Å²) in [6, 6.07) is 33.7. The molecule has 0 aliphatic rings. The van der Waals surface area contributed by atoms with Gasteiger partial charge in [-0.1, -0.05) is 83.8 Å². The Morgan fingerprint density at radius 1 is 0.630 bits per heavy atom. The van der Waals surface area contributed by atoms with Gasteiger partial charge in [0, 0.05) is 33.9 Å². The zero-order valence-corrected chi connectivity index (χ0v) is 46.9. The minimum atomic E-state index is -1.50. The summed E-state index contributed by atoms with van der Waals surface area (Å²) in [4.78, 5) is 108. The number of halogens is 1. The number of nitrogens with two attached hydrogens (primary N) is 1. The number of ether oxygens (including phenoxy) is 1. The molecule has 26 nitrogen and oxygen atoms in total. The molecule has 0 fully saturated rings. The summed E-state index contributed by atoms with van der Waals surface area (Å²) >= 11 is 4.87. The van der Waals surface area contributed by atoms with Crippen molar-refractivity contribution in [1.82, 2.24) is 9.97 Å². The summed E-state index contributed by atoms with van der Waals surface area (Å²) in [5, 5.41) is 65.3. The summed E-state index contributed by atoms with van der Waals surface area (Å²) in [6.45, 7) is 11.6. The third-order valence-electron chi connectivity index (χ3n) is 9.24. The number of carboxylic acids is 2. The van der Waals surface area contributed by atoms with Gasteiger partial charge < -0.3 is 62.2 Å². The second-order valence-corrected chi connectivity index (χ2v) is 16.4. The first-order valence-corrected chi connectivity index (χ1v) is 22.9. The Bertz CT molecular complexity index is 3220. The van der Waals surface area contributed by atoms with Crippen molar-refractivity contribution < 1.29 is 104 Å². The van der Waals surface area contributed by atoms with E-state index in [-0.39, 0.29) is 72.2 Å². The van der Waals surface area contributed by atoms with Crippen LogP contribution in [0.15, 0.2) is 125 Å². The number of anilines is 3. The van der Waals surface area contributed by atoms with Crippen LogP contribution in [0.5, 0.6) is 11.5 Å². The van der Waals surface area contributed by atoms with Gasteiger partial charge in [-0.05, 0) is 114 Å². The molecule has 0 atom stereocenters. The van der Waals surface area contributed by atoms with Crippen molar-refractivity contribution in [2.45, 2.75) is 68.2 Å². The number of amides is 2. The van der Waals surface area contributed by atoms with E-state index in [0.29, 0.717) is 27.8 Å². The summed E-state index contributed by atoms with van der Waals surface area (Å²) in [6.07, 6.45) is -1.35. The van der Waals surface area contributed by atoms with Crippen molar-refractivity contribution in [2.24, 2.45) is 0 Å². The van der Waals surface area contributed by atoms with Crippen molar-refractivity contribution in [2.75, 3.05) is 23.0 Å². The molecule has 2 amide bonds. The minimum absolute atomic E-state index is 0. The number of H-pyrrole nitrogens is 2. The summed E-state index contributed by atoms with van der Waals surface area (Å²) in [5.74, 6) is -4.42. The summed E-state index contributed by atoms with van der Waals surface area (Å²) in [7, 11) is 0. The molecular weight excluding hydrogens is 1100 g/mol. The molecule has 28 heteroatoms. The molecule has 2 heterocycles. The number of pyridine rings is 2. The van der Waals surface area contributed by atoms with Gasteiger partial charge in [-0.15, -0.1) is 10.1 Å². The van der Waals surface area contributed by atoms with Gasteiger partial charge in [0.25, 0.3) is 10.6 Å². The van der Waals surface area contributed by atoms with E-state index in [9.17, 15) is 58.7 Å². The number of aromatic hydroxyl groups is 2. The number of benzene rings is 5. The molecule has 0 bridgehead atoms. The number of rotatable bonds is 10. The predicted octanol–water partition coefficient (Wildman–Crippen LogP) is 5.21. The van der Waals surface area contributed by atoms with Gasteiger partial charge in [0.05, 0.1) is 22.6 Å². The fourth-order valence-electron chi connectivity index (χ4n) is 5.75. The molecule has 81 heavy (non-hydrogen) atoms. The van der Waals surface area contributed by atoms with Crippen LogP contribution in [0.2, 0.25) is 0 Å². The van der Waals surface area contributed by atoms with E-state index >= 15 is 0 Å². The molecule has 5 aromatic carbocycles. The Balaban J connectivity index is -0.000000893. The average molecular weight is 1160 g/mol. The number of nitro groups is 1. The van der Waals surface area contributed by atoms with Crippen LogP contribution in [-0.4, -0.2) is 92.7 Å². The van der Waals surface area contributed by atoms with Crippen molar-refractivity contribution in [3.05, 3.63) is 184 Å². The molecule has 430 valence electrons. The second-order valence-electron chi connectivity index (χ2n) is 16.0. The third-order valence-corrected chi connectivity index (χ3v) is 9.37. The van der Waals surface area contributed by atoms with E-state index in [1.165, 1.54) is 11.6 Å². The van der Waals surface area contributed by atoms with Gasteiger partial charge in [0.15, 0.2) is 0 Å². The first-order chi connectivity index (χ1) is 36.5. The van der Waals surface area contributed by atoms with Gasteiger partial charge >= 0.3 is 58.7 Å². The Morgan fingerprint density at radius 2 is 1.00 bits per heavy atom. The van der Waals surface area contributed by atoms with E-state index in [0.717, 1.165) is 27.9 Å². The molecule has 7 aromatic rings. The van der Waals surface area contributed by atoms with Crippen LogP contribution in [-0.2, 0) is 33.5 Å². The number of carboxylic acid groups (broad SMARTS) is 2. The summed E-state index contributed by atoms with van der Waals surface area (Å²) < 4.78 is 4.41. The Labute approximate surface area is 489 Å². The average Bonchev–Trinajstić information content (AvgIpc) is 3.32. The molecule has 0 aliphatic carbocycles. The fraction of sp³-hybridized carbons (Fsp3) is 0.208. The minimum Gasteiger partial charge on any atom is -0.870 e. The molecule has 0 saturated heterocycles. The molecule has 12 N–H and O–H groups in total. The summed E-state index contributed by atoms with van der Waals surface area (Å²) in [5.41, 5.74) is 11.8. The first-order valence-electron chi connectivity index (χ1n) is 22.5. The number of hydrogen-bond donors (Lipinski definition) is 10. The van der Waals surface area contributed by atoms with Crippen LogP contribution in [0.4, 0.5) is 22.7 Å². The Kier molecular flexibility index (Phi) is 36.8. The molecule has 0 spiro atoms. The molecule has 0 radical (unpaired) electrons. The number of nitrogen functional groups attached to an aromatic ring is 1. The maximum Gasteiger partial charge on any atom is 1.00 e. The number of esters is 1. The zero-order chi connectivity index (χ0) is 59.2. The van der Waals surface area contributed by atoms with Crippen LogP contribution in [0.3, 0.4) is 0 Å². The number of aromatic amines is 2. The van der Waals surface area contributed by atoms with E-state index < -0.39 is 74.8 Å². The number of aromatic nitrogens is 2. The van der Waals surface area contributed by atoms with Gasteiger partial charge in [-0.2, -0.15) is 0 Å². The van der Waals surface area contributed by atoms with Crippen molar-refractivity contribution in [1.29, 1.82) is 0 Å². The number of hydrogen-bond acceptors (Lipinski definition) is 17. The maximum atomic E-state index is 11.3. The number of nitrogens with one attached hydrogen (secondary N) is 4. The topological polar surface area (TPSA) is 445 Å². The van der Waals surface area contributed by atoms with Crippen LogP contribution < -0.4 is 57.0 Å². The molecule has 0 aliphatic heterocycles. The molecule has 2 aromatic heterocycles. The van der Waals surface area contributed by atoms with Crippen LogP contribution in [0, 0.1) is 54.8 Å². The number of carbonyl (C=O) groups excluding carboxylic acids is 4. The molecule has 7 rings (SSSR count). The fourth-order valence-corrected chi connectivity index (χ4v) is 5.86. The third kappa shape index (κ3) is 32.3. The smallest absolute Gasteiger partial charge is 0.870 e. The monoisotopic (exact) mass is 1160 g/mol. The van der Waals surface area contributed by atoms with Gasteiger partial charge in [-0.3, -0.25) is 48.5 Å². The predicted molar refractivity (Wildman–Crippen MR) is 298 cm³/mol. The SMILES string of the molecule is C.CCOC(=O)CC(=O)Cl.Cc1ccc(N)cc1.Cc1ccc(NC(=O)CC(=O)O)cc1.Cc1ccc(NC(=O)CC(=O)O)cc1.Cc1ccc2[nH]c(=O)c([N+](=O)[O-])c(O)c2c1.Cc1ccc2[nH]c(=O)cc(O)c2c1.O=[N+]([O-])O.[Na+].[OH-]. The zero-order valence-electron chi connectivity index (χ0n) is 44.1. The van der Waals surface area contributed by atoms with Crippen LogP contribution >= 0.6 is 11.6 Å². The first kappa shape index (κ1) is 76.0. The van der Waals surface area contributed by atoms with E-state index in [1.807, 2.05) is 88.4 Å². The van der Waals surface area contributed by atoms with E-state index in [4.69, 9.17) is 42.9 Å². The van der Waals surface area contributed by atoms with Crippen LogP contribution in [0.1, 0.15) is 61.4 Å². The van der Waals surface area contributed by atoms with Gasteiger partial charge in [-0.25, -0.2) is 0 Å². The standard InChI is InChI=1S/C10H8N2O4.2C10H11NO3.C10H9NO2.C7H9N.C5H7ClO3.CH4.HNO3.Na.H2O/c1-5-2-3-7-6(4-5)9(13)8(12(15)16)10(14)11-7;2*1-7-2-4-8(5-3-7)11-9(12)6-10(13)14;1-6-2-3-8-7(4-6)9(12)5-10(13)11-8;1-6-2-4-7(8)5-3-6;1-2-9-5(8)3-4(6)7;;2-1(3)4;;/h2-4H,1H3,(H2,11,13,14);2*2-5H,6H2,1H3,(H,11,12)(H,13,14);2-5H,1H3,(H2,11,12,13);2-5H,8H2,1H3;2-3H2,1H3;1H4;(H,2,3,4);;1H2/q;;;;;;;;+1;/p-1. The van der Waals surface area contributed by atoms with E-state index in [1.54, 1.807) is 62.4 Å². The van der Waals surface area contributed by atoms with Gasteiger partial charge in [0.2, 0.25) is 22.8 Å². The number of aryl methyl sites for hydroxylation is 5. The van der Waals surface area contributed by atoms with E-state index in [2.05, 4.69) is 25.3 Å². The number of nitrogens with zero attached hydrogens (tertiary/aromatic N) is 2. The Hall–Kier alpha value is -9.21.